The van der Waals surface area contributed by atoms with Gasteiger partial charge in [-0.3, -0.25) is 0 Å². The largest absolute Gasteiger partial charge is 0.435 e. The molecule has 4 rings (SSSR count). The lowest BCUT2D eigenvalue weighted by Gasteiger charge is -2.30. The van der Waals surface area contributed by atoms with Crippen molar-refractivity contribution in [2.45, 2.75) is 18.8 Å². The minimum atomic E-state index is -4.52. The summed E-state index contributed by atoms with van der Waals surface area (Å²) in [5.41, 5.74) is -0.277. The molecule has 3 aliphatic rings. The van der Waals surface area contributed by atoms with Crippen molar-refractivity contribution < 1.29 is 13.2 Å². The summed E-state index contributed by atoms with van der Waals surface area (Å²) in [4.78, 5) is 8.47. The van der Waals surface area contributed by atoms with Gasteiger partial charge in [0.15, 0.2) is 17.7 Å². The molecule has 1 aromatic rings. The molecule has 0 fully saturated rings. The molecule has 0 aromatic carbocycles. The Morgan fingerprint density at radius 2 is 2.08 bits per heavy atom. The number of halogens is 4. The van der Waals surface area contributed by atoms with Crippen LogP contribution in [0.15, 0.2) is 52.0 Å². The normalized spacial score (nSPS) is 28.2. The van der Waals surface area contributed by atoms with Crippen LogP contribution >= 0.6 is 11.6 Å². The first-order valence-corrected chi connectivity index (χ1v) is 7.80. The summed E-state index contributed by atoms with van der Waals surface area (Å²) in [6, 6.07) is 0.914. The second kappa shape index (κ2) is 5.44. The van der Waals surface area contributed by atoms with Gasteiger partial charge in [0.1, 0.15) is 5.17 Å². The van der Waals surface area contributed by atoms with Crippen molar-refractivity contribution in [1.29, 1.82) is 0 Å². The van der Waals surface area contributed by atoms with Crippen LogP contribution in [0.5, 0.6) is 0 Å². The lowest BCUT2D eigenvalue weighted by atomic mass is 9.84. The molecule has 24 heavy (non-hydrogen) atoms. The van der Waals surface area contributed by atoms with E-state index in [1.165, 1.54) is 4.68 Å². The molecule has 1 aromatic heterocycles. The topological polar surface area (TPSA) is 42.5 Å². The zero-order valence-electron chi connectivity index (χ0n) is 12.3. The number of dihydropyridines is 1. The Balaban J connectivity index is 1.70. The summed E-state index contributed by atoms with van der Waals surface area (Å²) in [5.74, 6) is 0.194. The number of rotatable bonds is 1. The second-order valence-electron chi connectivity index (χ2n) is 5.82. The molecule has 0 N–H and O–H groups in total. The van der Waals surface area contributed by atoms with Crippen molar-refractivity contribution in [3.05, 3.63) is 47.7 Å². The van der Waals surface area contributed by atoms with E-state index in [0.717, 1.165) is 12.5 Å². The van der Waals surface area contributed by atoms with E-state index in [2.05, 4.69) is 27.2 Å². The number of fused-ring (bicyclic) bond motifs is 3. The van der Waals surface area contributed by atoms with Crippen LogP contribution in [-0.4, -0.2) is 21.2 Å². The maximum Gasteiger partial charge on any atom is 0.435 e. The Bertz CT molecular complexity index is 829. The molecular formula is C16H12ClF3N4. The van der Waals surface area contributed by atoms with Crippen molar-refractivity contribution in [1.82, 2.24) is 9.78 Å². The number of aromatic nitrogens is 2. The number of nitrogens with zero attached hydrogens (tertiary/aromatic N) is 4. The number of alkyl halides is 3. The van der Waals surface area contributed by atoms with E-state index in [-0.39, 0.29) is 17.7 Å². The summed E-state index contributed by atoms with van der Waals surface area (Å²) in [6.45, 7) is 0. The lowest BCUT2D eigenvalue weighted by molar-refractivity contribution is -0.141. The molecule has 8 heteroatoms. The van der Waals surface area contributed by atoms with Gasteiger partial charge in [-0.25, -0.2) is 14.7 Å². The van der Waals surface area contributed by atoms with E-state index in [0.29, 0.717) is 10.7 Å². The fourth-order valence-corrected chi connectivity index (χ4v) is 3.37. The van der Waals surface area contributed by atoms with Crippen LogP contribution in [-0.2, 0) is 6.18 Å². The highest BCUT2D eigenvalue weighted by molar-refractivity contribution is 6.66. The molecule has 3 heterocycles. The van der Waals surface area contributed by atoms with Crippen molar-refractivity contribution in [2.75, 3.05) is 0 Å². The number of aliphatic imine (C=N–C) groups is 2. The Morgan fingerprint density at radius 1 is 1.25 bits per heavy atom. The van der Waals surface area contributed by atoms with E-state index in [4.69, 9.17) is 11.6 Å². The van der Waals surface area contributed by atoms with Gasteiger partial charge in [0.05, 0.1) is 0 Å². The van der Waals surface area contributed by atoms with Crippen LogP contribution in [0.4, 0.5) is 19.0 Å². The molecule has 3 atom stereocenters. The molecule has 0 saturated carbocycles. The monoisotopic (exact) mass is 352 g/mol. The quantitative estimate of drug-likeness (QED) is 0.736. The minimum Gasteiger partial charge on any atom is -0.245 e. The molecule has 0 spiro atoms. The summed E-state index contributed by atoms with van der Waals surface area (Å²) in [6.07, 6.45) is 7.13. The van der Waals surface area contributed by atoms with Crippen LogP contribution in [0.3, 0.4) is 0 Å². The van der Waals surface area contributed by atoms with Crippen molar-refractivity contribution in [3.63, 3.8) is 0 Å². The average molecular weight is 353 g/mol. The highest BCUT2D eigenvalue weighted by Crippen LogP contribution is 2.40. The van der Waals surface area contributed by atoms with Crippen molar-refractivity contribution >= 4 is 28.8 Å². The Hall–Kier alpha value is -2.15. The smallest absolute Gasteiger partial charge is 0.245 e. The van der Waals surface area contributed by atoms with Crippen molar-refractivity contribution in [3.8, 4) is 0 Å². The maximum absolute atomic E-state index is 12.9. The predicted octanol–water partition coefficient (Wildman–Crippen LogP) is 4.44. The van der Waals surface area contributed by atoms with E-state index >= 15 is 0 Å². The molecule has 0 saturated heterocycles. The molecule has 0 bridgehead atoms. The van der Waals surface area contributed by atoms with Crippen LogP contribution in [0.1, 0.15) is 18.3 Å². The number of hydrogen-bond acceptors (Lipinski definition) is 3. The first-order chi connectivity index (χ1) is 11.4. The fourth-order valence-electron chi connectivity index (χ4n) is 3.05. The molecule has 0 amide bonds. The summed E-state index contributed by atoms with van der Waals surface area (Å²) in [7, 11) is 0. The summed E-state index contributed by atoms with van der Waals surface area (Å²) < 4.78 is 39.8. The molecule has 124 valence electrons. The molecule has 2 aliphatic heterocycles. The van der Waals surface area contributed by atoms with Gasteiger partial charge in [0.25, 0.3) is 0 Å². The van der Waals surface area contributed by atoms with Gasteiger partial charge in [0.2, 0.25) is 0 Å². The SMILES string of the molecule is FC(F)(F)c1cc2n(n1)C1N=C(Cl)C(C3C=CC=CC3)C=C1C=N2. The van der Waals surface area contributed by atoms with Gasteiger partial charge in [-0.1, -0.05) is 42.0 Å². The van der Waals surface area contributed by atoms with Gasteiger partial charge < -0.3 is 0 Å². The summed E-state index contributed by atoms with van der Waals surface area (Å²) in [5, 5.41) is 4.00. The zero-order chi connectivity index (χ0) is 16.9. The minimum absolute atomic E-state index is 0.107. The molecule has 4 nitrogen and oxygen atoms in total. The lowest BCUT2D eigenvalue weighted by Crippen LogP contribution is -2.27. The molecule has 0 radical (unpaired) electrons. The van der Waals surface area contributed by atoms with E-state index in [9.17, 15) is 13.2 Å². The third-order valence-corrected chi connectivity index (χ3v) is 4.60. The fraction of sp³-hybridized carbons (Fsp3) is 0.312. The van der Waals surface area contributed by atoms with Crippen LogP contribution < -0.4 is 0 Å². The Labute approximate surface area is 140 Å². The van der Waals surface area contributed by atoms with Crippen LogP contribution in [0.2, 0.25) is 0 Å². The van der Waals surface area contributed by atoms with Crippen LogP contribution in [0.25, 0.3) is 0 Å². The molecule has 1 aliphatic carbocycles. The zero-order valence-corrected chi connectivity index (χ0v) is 13.0. The second-order valence-corrected chi connectivity index (χ2v) is 6.21. The molecule has 3 unspecified atom stereocenters. The predicted molar refractivity (Wildman–Crippen MR) is 85.7 cm³/mol. The van der Waals surface area contributed by atoms with Gasteiger partial charge in [-0.05, 0) is 12.3 Å². The van der Waals surface area contributed by atoms with Crippen molar-refractivity contribution in [2.24, 2.45) is 21.8 Å². The highest BCUT2D eigenvalue weighted by Gasteiger charge is 2.38. The third-order valence-electron chi connectivity index (χ3n) is 4.25. The highest BCUT2D eigenvalue weighted by atomic mass is 35.5. The van der Waals surface area contributed by atoms with E-state index < -0.39 is 18.0 Å². The summed E-state index contributed by atoms with van der Waals surface area (Å²) >= 11 is 6.34. The number of allylic oxidation sites excluding steroid dienone is 5. The van der Waals surface area contributed by atoms with Gasteiger partial charge in [0, 0.05) is 23.8 Å². The van der Waals surface area contributed by atoms with E-state index in [1.54, 1.807) is 6.21 Å². The average Bonchev–Trinajstić information content (AvgIpc) is 3.00. The van der Waals surface area contributed by atoms with Gasteiger partial charge in [-0.2, -0.15) is 18.3 Å². The standard InChI is InChI=1S/C16H12ClF3N4/c17-14-11(9-4-2-1-3-5-9)6-10-8-21-13-7-12(16(18,19)20)23-24(13)15(10)22-14/h1-4,6-9,11,15H,5H2. The first-order valence-electron chi connectivity index (χ1n) is 7.42. The van der Waals surface area contributed by atoms with Gasteiger partial charge >= 0.3 is 6.18 Å². The third kappa shape index (κ3) is 2.53. The number of hydrogen-bond donors (Lipinski definition) is 0. The Morgan fingerprint density at radius 3 is 2.79 bits per heavy atom. The molecular weight excluding hydrogens is 341 g/mol. The van der Waals surface area contributed by atoms with E-state index in [1.807, 2.05) is 18.2 Å². The van der Waals surface area contributed by atoms with Gasteiger partial charge in [-0.15, -0.1) is 0 Å². The maximum atomic E-state index is 12.9. The Kier molecular flexibility index (Phi) is 3.49. The van der Waals surface area contributed by atoms with Crippen LogP contribution in [0, 0.1) is 11.8 Å². The first kappa shape index (κ1) is 15.4.